The molecule has 0 aromatic rings. The van der Waals surface area contributed by atoms with E-state index < -0.39 is 6.04 Å². The number of amides is 1. The van der Waals surface area contributed by atoms with Crippen molar-refractivity contribution in [3.8, 4) is 0 Å². The minimum absolute atomic E-state index is 0.0455. The van der Waals surface area contributed by atoms with E-state index in [0.717, 1.165) is 18.8 Å². The Labute approximate surface area is 128 Å². The van der Waals surface area contributed by atoms with E-state index in [0.29, 0.717) is 6.04 Å². The van der Waals surface area contributed by atoms with E-state index in [2.05, 4.69) is 12.2 Å². The number of carbonyl (C=O) groups excluding carboxylic acids is 2. The molecule has 1 atom stereocenters. The predicted molar refractivity (Wildman–Crippen MR) is 82.8 cm³/mol. The van der Waals surface area contributed by atoms with Crippen molar-refractivity contribution in [2.75, 3.05) is 20.7 Å². The van der Waals surface area contributed by atoms with Gasteiger partial charge in [0.2, 0.25) is 5.91 Å². The maximum atomic E-state index is 12.3. The van der Waals surface area contributed by atoms with E-state index in [-0.39, 0.29) is 24.3 Å². The molecule has 0 heterocycles. The van der Waals surface area contributed by atoms with Crippen molar-refractivity contribution in [3.63, 3.8) is 0 Å². The van der Waals surface area contributed by atoms with Gasteiger partial charge in [-0.1, -0.05) is 20.8 Å². The molecule has 0 aliphatic heterocycles. The van der Waals surface area contributed by atoms with Crippen LogP contribution in [0.25, 0.3) is 0 Å². The fraction of sp³-hybridized carbons (Fsp3) is 0.875. The van der Waals surface area contributed by atoms with Crippen LogP contribution in [-0.4, -0.2) is 49.6 Å². The molecule has 0 aromatic carbocycles. The number of methoxy groups -OCH3 is 1. The van der Waals surface area contributed by atoms with Crippen molar-refractivity contribution in [1.29, 1.82) is 0 Å². The predicted octanol–water partition coefficient (Wildman–Crippen LogP) is 1.81. The Balaban J connectivity index is 2.46. The highest BCUT2D eigenvalue weighted by molar-refractivity contribution is 5.80. The molecule has 1 aliphatic carbocycles. The first-order chi connectivity index (χ1) is 9.86. The van der Waals surface area contributed by atoms with Crippen LogP contribution in [-0.2, 0) is 14.3 Å². The van der Waals surface area contributed by atoms with Crippen molar-refractivity contribution in [2.45, 2.75) is 58.5 Å². The summed E-state index contributed by atoms with van der Waals surface area (Å²) in [4.78, 5) is 25.8. The van der Waals surface area contributed by atoms with Crippen molar-refractivity contribution in [1.82, 2.24) is 10.2 Å². The number of hydrogen-bond donors (Lipinski definition) is 1. The molecule has 1 rings (SSSR count). The van der Waals surface area contributed by atoms with Gasteiger partial charge in [-0.3, -0.25) is 14.9 Å². The highest BCUT2D eigenvalue weighted by atomic mass is 16.5. The lowest BCUT2D eigenvalue weighted by molar-refractivity contribution is -0.144. The topological polar surface area (TPSA) is 58.6 Å². The van der Waals surface area contributed by atoms with Crippen molar-refractivity contribution in [2.24, 2.45) is 11.8 Å². The number of esters is 1. The Kier molecular flexibility index (Phi) is 7.15. The zero-order valence-electron chi connectivity index (χ0n) is 14.0. The molecule has 0 spiro atoms. The molecule has 0 aromatic heterocycles. The first-order valence-electron chi connectivity index (χ1n) is 7.93. The van der Waals surface area contributed by atoms with E-state index in [1.54, 1.807) is 0 Å². The Morgan fingerprint density at radius 3 is 2.29 bits per heavy atom. The van der Waals surface area contributed by atoms with E-state index in [9.17, 15) is 9.59 Å². The standard InChI is InChI=1S/C16H30N2O3/c1-11(2)15(16(20)21-5)17-10-14(19)18(4)13-8-6-12(3)7-9-13/h11-13,15,17H,6-10H2,1-5H3. The van der Waals surface area contributed by atoms with Crippen molar-refractivity contribution < 1.29 is 14.3 Å². The Morgan fingerprint density at radius 2 is 1.81 bits per heavy atom. The molecular weight excluding hydrogens is 268 g/mol. The van der Waals surface area contributed by atoms with Gasteiger partial charge in [-0.05, 0) is 37.5 Å². The molecule has 1 amide bonds. The van der Waals surface area contributed by atoms with Crippen LogP contribution in [0.2, 0.25) is 0 Å². The number of hydrogen-bond acceptors (Lipinski definition) is 4. The van der Waals surface area contributed by atoms with Crippen LogP contribution in [0.5, 0.6) is 0 Å². The normalized spacial score (nSPS) is 23.7. The summed E-state index contributed by atoms with van der Waals surface area (Å²) in [6.07, 6.45) is 4.53. The summed E-state index contributed by atoms with van der Waals surface area (Å²) in [6.45, 7) is 6.32. The zero-order valence-corrected chi connectivity index (χ0v) is 14.0. The van der Waals surface area contributed by atoms with Crippen LogP contribution in [0.15, 0.2) is 0 Å². The van der Waals surface area contributed by atoms with Crippen molar-refractivity contribution >= 4 is 11.9 Å². The van der Waals surface area contributed by atoms with Gasteiger partial charge in [-0.2, -0.15) is 0 Å². The Bertz CT molecular complexity index is 349. The largest absolute Gasteiger partial charge is 0.468 e. The Hall–Kier alpha value is -1.10. The molecule has 122 valence electrons. The number of ether oxygens (including phenoxy) is 1. The SMILES string of the molecule is COC(=O)C(NCC(=O)N(C)C1CCC(C)CC1)C(C)C. The van der Waals surface area contributed by atoms with Gasteiger partial charge in [0.1, 0.15) is 6.04 Å². The van der Waals surface area contributed by atoms with Crippen LogP contribution >= 0.6 is 0 Å². The zero-order chi connectivity index (χ0) is 16.0. The van der Waals surface area contributed by atoms with Crippen LogP contribution in [0, 0.1) is 11.8 Å². The lowest BCUT2D eigenvalue weighted by Gasteiger charge is -2.34. The molecule has 1 fully saturated rings. The van der Waals surface area contributed by atoms with Crippen LogP contribution in [0.1, 0.15) is 46.5 Å². The van der Waals surface area contributed by atoms with Gasteiger partial charge in [0.05, 0.1) is 13.7 Å². The lowest BCUT2D eigenvalue weighted by atomic mass is 9.87. The first-order valence-corrected chi connectivity index (χ1v) is 7.93. The molecule has 0 saturated heterocycles. The fourth-order valence-electron chi connectivity index (χ4n) is 2.87. The molecule has 0 radical (unpaired) electrons. The molecule has 5 heteroatoms. The minimum Gasteiger partial charge on any atom is -0.468 e. The molecule has 0 bridgehead atoms. The number of likely N-dealkylation sites (N-methyl/N-ethyl adjacent to an activating group) is 1. The molecule has 1 aliphatic rings. The molecule has 21 heavy (non-hydrogen) atoms. The number of nitrogens with one attached hydrogen (secondary N) is 1. The van der Waals surface area contributed by atoms with Crippen LogP contribution in [0.4, 0.5) is 0 Å². The molecular formula is C16H30N2O3. The van der Waals surface area contributed by atoms with E-state index in [1.165, 1.54) is 20.0 Å². The minimum atomic E-state index is -0.432. The summed E-state index contributed by atoms with van der Waals surface area (Å²) in [5.41, 5.74) is 0. The lowest BCUT2D eigenvalue weighted by Crippen LogP contribution is -2.49. The highest BCUT2D eigenvalue weighted by Crippen LogP contribution is 2.26. The molecule has 5 nitrogen and oxygen atoms in total. The molecule has 1 N–H and O–H groups in total. The smallest absolute Gasteiger partial charge is 0.323 e. The van der Waals surface area contributed by atoms with Gasteiger partial charge >= 0.3 is 5.97 Å². The monoisotopic (exact) mass is 298 g/mol. The summed E-state index contributed by atoms with van der Waals surface area (Å²) in [7, 11) is 3.24. The number of rotatable bonds is 6. The van der Waals surface area contributed by atoms with E-state index in [1.807, 2.05) is 25.8 Å². The van der Waals surface area contributed by atoms with Gasteiger partial charge in [-0.15, -0.1) is 0 Å². The maximum absolute atomic E-state index is 12.3. The highest BCUT2D eigenvalue weighted by Gasteiger charge is 2.27. The first kappa shape index (κ1) is 18.0. The third-order valence-electron chi connectivity index (χ3n) is 4.52. The summed E-state index contributed by atoms with van der Waals surface area (Å²) in [6, 6.07) is -0.0927. The second-order valence-corrected chi connectivity index (χ2v) is 6.54. The summed E-state index contributed by atoms with van der Waals surface area (Å²) < 4.78 is 4.77. The number of carbonyl (C=O) groups is 2. The van der Waals surface area contributed by atoms with Gasteiger partial charge in [0.15, 0.2) is 0 Å². The average molecular weight is 298 g/mol. The van der Waals surface area contributed by atoms with Crippen molar-refractivity contribution in [3.05, 3.63) is 0 Å². The van der Waals surface area contributed by atoms with Crippen LogP contribution in [0.3, 0.4) is 0 Å². The third-order valence-corrected chi connectivity index (χ3v) is 4.52. The fourth-order valence-corrected chi connectivity index (χ4v) is 2.87. The Morgan fingerprint density at radius 1 is 1.24 bits per heavy atom. The van der Waals surface area contributed by atoms with E-state index in [4.69, 9.17) is 4.74 Å². The van der Waals surface area contributed by atoms with Gasteiger partial charge < -0.3 is 9.64 Å². The summed E-state index contributed by atoms with van der Waals surface area (Å²) in [5.74, 6) is 0.592. The second kappa shape index (κ2) is 8.37. The maximum Gasteiger partial charge on any atom is 0.323 e. The average Bonchev–Trinajstić information content (AvgIpc) is 2.46. The molecule has 1 saturated carbocycles. The van der Waals surface area contributed by atoms with Gasteiger partial charge in [0.25, 0.3) is 0 Å². The summed E-state index contributed by atoms with van der Waals surface area (Å²) in [5, 5.41) is 3.03. The second-order valence-electron chi connectivity index (χ2n) is 6.54. The third kappa shape index (κ3) is 5.30. The summed E-state index contributed by atoms with van der Waals surface area (Å²) >= 11 is 0. The van der Waals surface area contributed by atoms with Gasteiger partial charge in [-0.25, -0.2) is 0 Å². The number of nitrogens with zero attached hydrogens (tertiary/aromatic N) is 1. The van der Waals surface area contributed by atoms with E-state index >= 15 is 0 Å². The van der Waals surface area contributed by atoms with Gasteiger partial charge in [0, 0.05) is 13.1 Å². The quantitative estimate of drug-likeness (QED) is 0.760. The molecule has 1 unspecified atom stereocenters. The van der Waals surface area contributed by atoms with Crippen LogP contribution < -0.4 is 5.32 Å².